The van der Waals surface area contributed by atoms with Crippen molar-refractivity contribution in [1.29, 1.82) is 0 Å². The zero-order valence-corrected chi connectivity index (χ0v) is 12.6. The Morgan fingerprint density at radius 2 is 1.89 bits per heavy atom. The van der Waals surface area contributed by atoms with Crippen LogP contribution >= 0.6 is 11.6 Å². The van der Waals surface area contributed by atoms with Crippen molar-refractivity contribution in [2.75, 3.05) is 6.54 Å². The molecule has 0 aliphatic rings. The molecule has 106 valence electrons. The van der Waals surface area contributed by atoms with E-state index in [2.05, 4.69) is 0 Å². The van der Waals surface area contributed by atoms with Gasteiger partial charge in [0.05, 0.1) is 18.7 Å². The molecule has 0 radical (unpaired) electrons. The van der Waals surface area contributed by atoms with Crippen molar-refractivity contribution in [2.24, 2.45) is 0 Å². The van der Waals surface area contributed by atoms with Crippen molar-refractivity contribution in [2.45, 2.75) is 25.8 Å². The minimum Gasteiger partial charge on any atom is -0.343 e. The molecule has 0 bridgehead atoms. The van der Waals surface area contributed by atoms with Gasteiger partial charge in [-0.15, -0.1) is 0 Å². The summed E-state index contributed by atoms with van der Waals surface area (Å²) in [5.74, 6) is -0.777. The average molecular weight is 310 g/mol. The topological polar surface area (TPSA) is 29.1 Å². The second-order valence-electron chi connectivity index (χ2n) is 5.21. The third-order valence-electron chi connectivity index (χ3n) is 2.50. The van der Waals surface area contributed by atoms with E-state index in [9.17, 15) is 18.0 Å². The van der Waals surface area contributed by atoms with E-state index in [1.165, 1.54) is 6.07 Å². The van der Waals surface area contributed by atoms with E-state index < -0.39 is 26.7 Å². The average Bonchev–Trinajstić information content (AvgIpc) is 2.23. The van der Waals surface area contributed by atoms with E-state index >= 15 is 0 Å². The highest BCUT2D eigenvalue weighted by Gasteiger charge is 2.30. The molecule has 0 saturated heterocycles. The van der Waals surface area contributed by atoms with E-state index in [0.717, 1.165) is 5.19 Å². The first-order valence-corrected chi connectivity index (χ1v) is 9.54. The monoisotopic (exact) mass is 309 g/mol. The van der Waals surface area contributed by atoms with Crippen molar-refractivity contribution < 1.29 is 18.0 Å². The summed E-state index contributed by atoms with van der Waals surface area (Å²) in [6, 6.07) is 4.96. The van der Waals surface area contributed by atoms with Crippen LogP contribution < -0.4 is 10.5 Å². The lowest BCUT2D eigenvalue weighted by Gasteiger charge is -2.21. The highest BCUT2D eigenvalue weighted by molar-refractivity contribution is 6.89. The number of hydrogen-bond acceptors (Lipinski definition) is 1. The molecular formula is C12H15ClF3NOSi. The van der Waals surface area contributed by atoms with Gasteiger partial charge in [-0.25, -0.2) is 0 Å². The van der Waals surface area contributed by atoms with Crippen molar-refractivity contribution in [3.8, 4) is 0 Å². The molecule has 1 aromatic rings. The molecule has 0 spiro atoms. The maximum atomic E-state index is 12.1. The molecule has 0 unspecified atom stereocenters. The molecule has 1 N–H and O–H groups in total. The number of amides is 1. The first-order valence-electron chi connectivity index (χ1n) is 5.66. The lowest BCUT2D eigenvalue weighted by molar-refractivity contribution is -0.123. The van der Waals surface area contributed by atoms with Crippen LogP contribution in [-0.4, -0.2) is 26.7 Å². The zero-order valence-electron chi connectivity index (χ0n) is 10.9. The van der Waals surface area contributed by atoms with Crippen LogP contribution in [0.2, 0.25) is 24.7 Å². The minimum atomic E-state index is -4.43. The number of carbonyl (C=O) groups excluding carboxylic acids is 1. The van der Waals surface area contributed by atoms with E-state index in [0.29, 0.717) is 0 Å². The third kappa shape index (κ3) is 4.54. The Morgan fingerprint density at radius 3 is 2.37 bits per heavy atom. The Kier molecular flexibility index (Phi) is 4.68. The van der Waals surface area contributed by atoms with Gasteiger partial charge in [0.2, 0.25) is 0 Å². The van der Waals surface area contributed by atoms with Gasteiger partial charge in [0, 0.05) is 0 Å². The lowest BCUT2D eigenvalue weighted by Crippen LogP contribution is -2.44. The fourth-order valence-corrected chi connectivity index (χ4v) is 3.58. The van der Waals surface area contributed by atoms with Gasteiger partial charge in [-0.05, 0) is 11.3 Å². The molecular weight excluding hydrogens is 295 g/mol. The van der Waals surface area contributed by atoms with Crippen LogP contribution in [0.25, 0.3) is 0 Å². The fourth-order valence-electron chi connectivity index (χ4n) is 1.65. The van der Waals surface area contributed by atoms with Crippen molar-refractivity contribution in [3.05, 3.63) is 28.8 Å². The zero-order chi connectivity index (χ0) is 14.8. The van der Waals surface area contributed by atoms with Crippen molar-refractivity contribution in [1.82, 2.24) is 5.32 Å². The molecule has 19 heavy (non-hydrogen) atoms. The SMILES string of the molecule is C[Si](C)(C)c1cccc(Cl)c1C(=O)NCC(F)(F)F. The summed E-state index contributed by atoms with van der Waals surface area (Å²) in [6.45, 7) is 4.64. The molecule has 7 heteroatoms. The molecule has 1 amide bonds. The Balaban J connectivity index is 3.09. The molecule has 1 aromatic carbocycles. The van der Waals surface area contributed by atoms with Crippen LogP contribution in [0.15, 0.2) is 18.2 Å². The second kappa shape index (κ2) is 5.54. The van der Waals surface area contributed by atoms with Crippen LogP contribution in [0.5, 0.6) is 0 Å². The number of hydrogen-bond donors (Lipinski definition) is 1. The Bertz CT molecular complexity index is 483. The lowest BCUT2D eigenvalue weighted by atomic mass is 10.2. The van der Waals surface area contributed by atoms with Gasteiger partial charge in [0.25, 0.3) is 5.91 Å². The summed E-state index contributed by atoms with van der Waals surface area (Å²) in [7, 11) is -1.87. The van der Waals surface area contributed by atoms with Gasteiger partial charge in [0.1, 0.15) is 6.54 Å². The summed E-state index contributed by atoms with van der Waals surface area (Å²) in [5, 5.41) is 2.80. The first kappa shape index (κ1) is 16.0. The second-order valence-corrected chi connectivity index (χ2v) is 10.7. The van der Waals surface area contributed by atoms with Gasteiger partial charge < -0.3 is 5.32 Å². The summed E-state index contributed by atoms with van der Waals surface area (Å²) in [4.78, 5) is 11.9. The fraction of sp³-hybridized carbons (Fsp3) is 0.417. The summed E-state index contributed by atoms with van der Waals surface area (Å²) >= 11 is 5.96. The molecule has 0 aromatic heterocycles. The number of rotatable bonds is 3. The smallest absolute Gasteiger partial charge is 0.343 e. The normalized spacial score (nSPS) is 12.4. The van der Waals surface area contributed by atoms with Crippen LogP contribution in [0.4, 0.5) is 13.2 Å². The number of alkyl halides is 3. The van der Waals surface area contributed by atoms with Gasteiger partial charge in [-0.1, -0.05) is 43.4 Å². The maximum Gasteiger partial charge on any atom is 0.405 e. The predicted octanol–water partition coefficient (Wildman–Crippen LogP) is 3.18. The largest absolute Gasteiger partial charge is 0.405 e. The molecule has 0 saturated carbocycles. The highest BCUT2D eigenvalue weighted by Crippen LogP contribution is 2.18. The third-order valence-corrected chi connectivity index (χ3v) is 4.85. The highest BCUT2D eigenvalue weighted by atomic mass is 35.5. The van der Waals surface area contributed by atoms with Crippen LogP contribution in [0, 0.1) is 0 Å². The molecule has 2 nitrogen and oxygen atoms in total. The van der Waals surface area contributed by atoms with Gasteiger partial charge in [-0.3, -0.25) is 4.79 Å². The van der Waals surface area contributed by atoms with E-state index in [1.54, 1.807) is 12.1 Å². The molecule has 0 aliphatic heterocycles. The summed E-state index contributed by atoms with van der Waals surface area (Å²) in [5.41, 5.74) is 0.160. The molecule has 0 fully saturated rings. The number of nitrogens with one attached hydrogen (secondary N) is 1. The van der Waals surface area contributed by atoms with Gasteiger partial charge >= 0.3 is 6.18 Å². The Labute approximate surface area is 116 Å². The predicted molar refractivity (Wildman–Crippen MR) is 72.8 cm³/mol. The van der Waals surface area contributed by atoms with Crippen molar-refractivity contribution >= 4 is 30.8 Å². The number of benzene rings is 1. The van der Waals surface area contributed by atoms with Gasteiger partial charge in [-0.2, -0.15) is 13.2 Å². The summed E-state index contributed by atoms with van der Waals surface area (Å²) in [6.07, 6.45) is -4.43. The Morgan fingerprint density at radius 1 is 1.32 bits per heavy atom. The van der Waals surface area contributed by atoms with E-state index in [4.69, 9.17) is 11.6 Å². The van der Waals surface area contributed by atoms with E-state index in [-0.39, 0.29) is 10.6 Å². The molecule has 0 atom stereocenters. The minimum absolute atomic E-state index is 0.160. The Hall–Kier alpha value is -1.01. The van der Waals surface area contributed by atoms with Gasteiger partial charge in [0.15, 0.2) is 0 Å². The molecule has 0 aliphatic carbocycles. The summed E-state index contributed by atoms with van der Waals surface area (Å²) < 4.78 is 36.4. The quantitative estimate of drug-likeness (QED) is 0.854. The number of halogens is 4. The maximum absolute atomic E-state index is 12.1. The standard InChI is InChI=1S/C12H15ClF3NOSi/c1-19(2,3)9-6-4-5-8(13)10(9)11(18)17-7-12(14,15)16/h4-6H,7H2,1-3H3,(H,17,18). The van der Waals surface area contributed by atoms with Crippen LogP contribution in [0.3, 0.4) is 0 Å². The van der Waals surface area contributed by atoms with Crippen LogP contribution in [0.1, 0.15) is 10.4 Å². The molecule has 1 rings (SSSR count). The first-order chi connectivity index (χ1) is 8.52. The molecule has 0 heterocycles. The van der Waals surface area contributed by atoms with Crippen molar-refractivity contribution in [3.63, 3.8) is 0 Å². The number of carbonyl (C=O) groups is 1. The van der Waals surface area contributed by atoms with E-state index in [1.807, 2.05) is 25.0 Å². The van der Waals surface area contributed by atoms with Crippen LogP contribution in [-0.2, 0) is 0 Å².